The maximum atomic E-state index is 14.4. The summed E-state index contributed by atoms with van der Waals surface area (Å²) in [6, 6.07) is 0. The van der Waals surface area contributed by atoms with Crippen LogP contribution in [0.4, 0.5) is 43.9 Å². The molecule has 1 aliphatic rings. The molecule has 0 spiro atoms. The second-order valence-corrected chi connectivity index (χ2v) is 7.49. The maximum absolute atomic E-state index is 14.4. The van der Waals surface area contributed by atoms with Crippen molar-refractivity contribution in [3.63, 3.8) is 0 Å². The SMILES string of the molecule is CCCCCCC1(F)C(F)(F)C(F)(F)C(F)(S(=O)(=O)O)C(F)(F)C1(F)F. The lowest BCUT2D eigenvalue weighted by atomic mass is 9.71. The fourth-order valence-electron chi connectivity index (χ4n) is 2.73. The zero-order valence-electron chi connectivity index (χ0n) is 13.0. The molecule has 0 aromatic heterocycles. The van der Waals surface area contributed by atoms with Crippen LogP contribution in [0.5, 0.6) is 0 Å². The van der Waals surface area contributed by atoms with E-state index in [1.54, 1.807) is 6.92 Å². The molecule has 0 heterocycles. The van der Waals surface area contributed by atoms with E-state index in [2.05, 4.69) is 0 Å². The van der Waals surface area contributed by atoms with Gasteiger partial charge in [0, 0.05) is 0 Å². The molecule has 0 atom stereocenters. The lowest BCUT2D eigenvalue weighted by molar-refractivity contribution is -0.444. The van der Waals surface area contributed by atoms with Crippen LogP contribution >= 0.6 is 0 Å². The molecule has 1 fully saturated rings. The van der Waals surface area contributed by atoms with Gasteiger partial charge in [-0.1, -0.05) is 26.2 Å². The predicted octanol–water partition coefficient (Wildman–Crippen LogP) is 4.77. The summed E-state index contributed by atoms with van der Waals surface area (Å²) >= 11 is 0. The average Bonchev–Trinajstić information content (AvgIpc) is 2.47. The van der Waals surface area contributed by atoms with Crippen LogP contribution in [-0.4, -0.2) is 47.3 Å². The quantitative estimate of drug-likeness (QED) is 0.377. The number of hydrogen-bond donors (Lipinski definition) is 1. The van der Waals surface area contributed by atoms with Crippen LogP contribution in [0.2, 0.25) is 0 Å². The first kappa shape index (κ1) is 23.2. The summed E-state index contributed by atoms with van der Waals surface area (Å²) in [5.74, 6) is -28.2. The molecule has 0 aliphatic heterocycles. The van der Waals surface area contributed by atoms with Crippen molar-refractivity contribution in [2.45, 2.75) is 73.4 Å². The number of halogens is 10. The fourth-order valence-corrected chi connectivity index (χ4v) is 3.63. The summed E-state index contributed by atoms with van der Waals surface area (Å²) < 4.78 is 168. The number of alkyl halides is 10. The molecule has 3 nitrogen and oxygen atoms in total. The van der Waals surface area contributed by atoms with Crippen LogP contribution in [0.3, 0.4) is 0 Å². The van der Waals surface area contributed by atoms with Gasteiger partial charge in [-0.3, -0.25) is 4.55 Å². The van der Waals surface area contributed by atoms with Crippen molar-refractivity contribution >= 4 is 10.1 Å². The highest BCUT2D eigenvalue weighted by Crippen LogP contribution is 2.71. The number of rotatable bonds is 6. The highest BCUT2D eigenvalue weighted by atomic mass is 32.2. The lowest BCUT2D eigenvalue weighted by Gasteiger charge is -2.54. The summed E-state index contributed by atoms with van der Waals surface area (Å²) in [4.78, 5) is 0. The molecule has 156 valence electrons. The Kier molecular flexibility index (Phi) is 5.46. The Balaban J connectivity index is 3.72. The van der Waals surface area contributed by atoms with Gasteiger partial charge in [-0.2, -0.15) is 43.5 Å². The summed E-state index contributed by atoms with van der Waals surface area (Å²) in [5, 5.41) is -7.15. The van der Waals surface area contributed by atoms with E-state index in [9.17, 15) is 52.3 Å². The maximum Gasteiger partial charge on any atom is 0.371 e. The first-order chi connectivity index (χ1) is 11.3. The van der Waals surface area contributed by atoms with Crippen LogP contribution in [0.25, 0.3) is 0 Å². The summed E-state index contributed by atoms with van der Waals surface area (Å²) in [6.07, 6.45) is -2.97. The average molecular weight is 428 g/mol. The lowest BCUT2D eigenvalue weighted by Crippen LogP contribution is -2.86. The fraction of sp³-hybridized carbons (Fsp3) is 1.00. The van der Waals surface area contributed by atoms with E-state index < -0.39 is 57.3 Å². The van der Waals surface area contributed by atoms with Crippen molar-refractivity contribution in [3.05, 3.63) is 0 Å². The van der Waals surface area contributed by atoms with Gasteiger partial charge in [0.05, 0.1) is 0 Å². The van der Waals surface area contributed by atoms with Gasteiger partial charge in [0.1, 0.15) is 0 Å². The minimum atomic E-state index is -7.56. The molecule has 1 rings (SSSR count). The van der Waals surface area contributed by atoms with E-state index >= 15 is 0 Å². The van der Waals surface area contributed by atoms with Gasteiger partial charge >= 0.3 is 38.8 Å². The van der Waals surface area contributed by atoms with Crippen molar-refractivity contribution in [1.82, 2.24) is 0 Å². The Morgan fingerprint density at radius 1 is 0.692 bits per heavy atom. The molecule has 0 radical (unpaired) electrons. The summed E-state index contributed by atoms with van der Waals surface area (Å²) in [5.41, 5.74) is -5.97. The van der Waals surface area contributed by atoms with E-state index in [1.807, 2.05) is 0 Å². The van der Waals surface area contributed by atoms with Gasteiger partial charge in [0.2, 0.25) is 5.67 Å². The third kappa shape index (κ3) is 2.39. The van der Waals surface area contributed by atoms with Crippen molar-refractivity contribution < 1.29 is 56.9 Å². The van der Waals surface area contributed by atoms with Crippen LogP contribution in [0, 0.1) is 0 Å². The van der Waals surface area contributed by atoms with Gasteiger partial charge in [-0.05, 0) is 12.8 Å². The van der Waals surface area contributed by atoms with Gasteiger partial charge in [0.25, 0.3) is 0 Å². The Bertz CT molecular complexity index is 618. The highest BCUT2D eigenvalue weighted by Gasteiger charge is 3.02. The first-order valence-electron chi connectivity index (χ1n) is 7.17. The second kappa shape index (κ2) is 6.11. The highest BCUT2D eigenvalue weighted by molar-refractivity contribution is 7.87. The van der Waals surface area contributed by atoms with E-state index in [0.717, 1.165) is 0 Å². The largest absolute Gasteiger partial charge is 0.371 e. The van der Waals surface area contributed by atoms with Gasteiger partial charge in [-0.25, -0.2) is 8.78 Å². The molecular formula is C12H14F10O3S. The summed E-state index contributed by atoms with van der Waals surface area (Å²) in [7, 11) is -7.56. The smallest absolute Gasteiger partial charge is 0.283 e. The molecule has 1 aliphatic carbocycles. The number of hydrogen-bond acceptors (Lipinski definition) is 2. The Labute approximate surface area is 141 Å². The van der Waals surface area contributed by atoms with Gasteiger partial charge < -0.3 is 0 Å². The number of unbranched alkanes of at least 4 members (excludes halogenated alkanes) is 3. The molecule has 1 N–H and O–H groups in total. The Morgan fingerprint density at radius 3 is 1.38 bits per heavy atom. The molecule has 14 heteroatoms. The molecule has 26 heavy (non-hydrogen) atoms. The molecule has 0 saturated heterocycles. The molecule has 0 aromatic rings. The standard InChI is InChI=1S/C12H14F10O3S/c1-2-3-4-5-6-7(13)8(14,15)10(18,19)12(22,26(23,24)25)11(20,21)9(7,16)17/h2-6H2,1H3,(H,23,24,25). The first-order valence-corrected chi connectivity index (χ1v) is 8.61. The van der Waals surface area contributed by atoms with E-state index in [1.165, 1.54) is 0 Å². The van der Waals surface area contributed by atoms with Crippen molar-refractivity contribution in [2.75, 3.05) is 0 Å². The third-order valence-electron chi connectivity index (χ3n) is 4.32. The molecule has 1 saturated carbocycles. The normalized spacial score (nSPS) is 35.2. The van der Waals surface area contributed by atoms with Crippen LogP contribution in [0.15, 0.2) is 0 Å². The van der Waals surface area contributed by atoms with Gasteiger partial charge in [-0.15, -0.1) is 0 Å². The second-order valence-electron chi connectivity index (χ2n) is 5.98. The van der Waals surface area contributed by atoms with Crippen LogP contribution in [-0.2, 0) is 10.1 Å². The molecule has 0 unspecified atom stereocenters. The zero-order chi connectivity index (χ0) is 21.0. The summed E-state index contributed by atoms with van der Waals surface area (Å²) in [6.45, 7) is 1.54. The van der Waals surface area contributed by atoms with Crippen LogP contribution in [0.1, 0.15) is 39.0 Å². The Hall–Kier alpha value is -0.790. The van der Waals surface area contributed by atoms with E-state index in [4.69, 9.17) is 4.55 Å². The Morgan fingerprint density at radius 2 is 1.08 bits per heavy atom. The van der Waals surface area contributed by atoms with Crippen molar-refractivity contribution in [2.24, 2.45) is 0 Å². The van der Waals surface area contributed by atoms with Crippen LogP contribution < -0.4 is 0 Å². The molecular weight excluding hydrogens is 414 g/mol. The topological polar surface area (TPSA) is 54.4 Å². The van der Waals surface area contributed by atoms with E-state index in [0.29, 0.717) is 6.42 Å². The minimum absolute atomic E-state index is 0.137. The molecule has 0 amide bonds. The minimum Gasteiger partial charge on any atom is -0.283 e. The predicted molar refractivity (Wildman–Crippen MR) is 67.8 cm³/mol. The van der Waals surface area contributed by atoms with E-state index in [-0.39, 0.29) is 12.8 Å². The molecule has 0 bridgehead atoms. The molecule has 0 aromatic carbocycles. The zero-order valence-corrected chi connectivity index (χ0v) is 13.8. The monoisotopic (exact) mass is 428 g/mol. The third-order valence-corrected chi connectivity index (χ3v) is 5.55. The van der Waals surface area contributed by atoms with Gasteiger partial charge in [0.15, 0.2) is 0 Å². The van der Waals surface area contributed by atoms with Crippen molar-refractivity contribution in [1.29, 1.82) is 0 Å². The van der Waals surface area contributed by atoms with Crippen molar-refractivity contribution in [3.8, 4) is 0 Å².